The Hall–Kier alpha value is -2.06. The molecule has 1 aliphatic heterocycles. The number of rotatable bonds is 6. The van der Waals surface area contributed by atoms with E-state index >= 15 is 0 Å². The van der Waals surface area contributed by atoms with E-state index in [1.54, 1.807) is 4.90 Å². The molecular weight excluding hydrogens is 437 g/mol. The molecule has 4 rings (SSSR count). The molecule has 31 heavy (non-hydrogen) atoms. The Morgan fingerprint density at radius 3 is 2.68 bits per heavy atom. The van der Waals surface area contributed by atoms with Crippen molar-refractivity contribution in [3.05, 3.63) is 57.9 Å². The SMILES string of the molecule is Cc1ccc(C)c2sc(N(CCCN3CCOCC3)C(=O)c3ccc(F)cc3Cl)nc12. The number of halogens is 2. The van der Waals surface area contributed by atoms with Crippen LogP contribution in [0.4, 0.5) is 9.52 Å². The largest absolute Gasteiger partial charge is 0.379 e. The second kappa shape index (κ2) is 9.61. The minimum Gasteiger partial charge on any atom is -0.379 e. The Balaban J connectivity index is 1.64. The molecule has 0 saturated carbocycles. The Labute approximate surface area is 190 Å². The van der Waals surface area contributed by atoms with Gasteiger partial charge >= 0.3 is 0 Å². The fourth-order valence-corrected chi connectivity index (χ4v) is 5.12. The molecule has 1 aromatic heterocycles. The van der Waals surface area contributed by atoms with Crippen molar-refractivity contribution in [2.24, 2.45) is 0 Å². The van der Waals surface area contributed by atoms with E-state index in [2.05, 4.69) is 11.0 Å². The highest BCUT2D eigenvalue weighted by molar-refractivity contribution is 7.22. The molecule has 1 saturated heterocycles. The van der Waals surface area contributed by atoms with Crippen LogP contribution >= 0.6 is 22.9 Å². The van der Waals surface area contributed by atoms with Gasteiger partial charge in [0, 0.05) is 26.2 Å². The molecule has 1 aliphatic rings. The summed E-state index contributed by atoms with van der Waals surface area (Å²) in [5.41, 5.74) is 3.40. The summed E-state index contributed by atoms with van der Waals surface area (Å²) in [6, 6.07) is 7.99. The summed E-state index contributed by atoms with van der Waals surface area (Å²) in [6.07, 6.45) is 0.790. The number of hydrogen-bond acceptors (Lipinski definition) is 5. The summed E-state index contributed by atoms with van der Waals surface area (Å²) in [5, 5.41) is 0.747. The van der Waals surface area contributed by atoms with Crippen LogP contribution in [0.2, 0.25) is 5.02 Å². The van der Waals surface area contributed by atoms with E-state index in [1.165, 1.54) is 29.5 Å². The zero-order chi connectivity index (χ0) is 22.0. The maximum atomic E-state index is 13.5. The van der Waals surface area contributed by atoms with Gasteiger partial charge < -0.3 is 4.74 Å². The standard InChI is InChI=1S/C23H25ClFN3O2S/c1-15-4-5-16(2)21-20(15)26-23(31-21)28(9-3-8-27-10-12-30-13-11-27)22(29)18-7-6-17(25)14-19(18)24/h4-7,14H,3,8-13H2,1-2H3. The maximum Gasteiger partial charge on any atom is 0.261 e. The van der Waals surface area contributed by atoms with Crippen molar-refractivity contribution < 1.29 is 13.9 Å². The lowest BCUT2D eigenvalue weighted by Gasteiger charge is -2.27. The van der Waals surface area contributed by atoms with Crippen LogP contribution in [0.15, 0.2) is 30.3 Å². The van der Waals surface area contributed by atoms with Gasteiger partial charge in [0.25, 0.3) is 5.91 Å². The zero-order valence-corrected chi connectivity index (χ0v) is 19.2. The van der Waals surface area contributed by atoms with Gasteiger partial charge in [-0.1, -0.05) is 35.1 Å². The second-order valence-corrected chi connectivity index (χ2v) is 9.15. The number of carbonyl (C=O) groups excluding carboxylic acids is 1. The molecule has 164 valence electrons. The first-order valence-electron chi connectivity index (χ1n) is 10.4. The van der Waals surface area contributed by atoms with Crippen molar-refractivity contribution in [2.75, 3.05) is 44.3 Å². The van der Waals surface area contributed by atoms with Crippen molar-refractivity contribution in [1.29, 1.82) is 0 Å². The molecule has 0 unspecified atom stereocenters. The van der Waals surface area contributed by atoms with Crippen LogP contribution in [0.3, 0.4) is 0 Å². The van der Waals surface area contributed by atoms with Gasteiger partial charge in [0.15, 0.2) is 5.13 Å². The Bertz CT molecular complexity index is 1060. The van der Waals surface area contributed by atoms with Gasteiger partial charge in [-0.15, -0.1) is 0 Å². The molecule has 0 aliphatic carbocycles. The van der Waals surface area contributed by atoms with Gasteiger partial charge in [0.2, 0.25) is 0 Å². The third-order valence-electron chi connectivity index (χ3n) is 5.53. The molecule has 8 heteroatoms. The van der Waals surface area contributed by atoms with Crippen molar-refractivity contribution in [2.45, 2.75) is 20.3 Å². The minimum absolute atomic E-state index is 0.108. The Morgan fingerprint density at radius 1 is 1.23 bits per heavy atom. The highest BCUT2D eigenvalue weighted by Crippen LogP contribution is 2.34. The molecule has 3 aromatic rings. The molecule has 0 bridgehead atoms. The van der Waals surface area contributed by atoms with E-state index in [0.29, 0.717) is 11.7 Å². The molecule has 0 radical (unpaired) electrons. The lowest BCUT2D eigenvalue weighted by molar-refractivity contribution is 0.0376. The van der Waals surface area contributed by atoms with Crippen LogP contribution < -0.4 is 4.90 Å². The van der Waals surface area contributed by atoms with Crippen LogP contribution in [0, 0.1) is 19.7 Å². The third-order valence-corrected chi connectivity index (χ3v) is 7.05. The smallest absolute Gasteiger partial charge is 0.261 e. The molecule has 5 nitrogen and oxygen atoms in total. The third kappa shape index (κ3) is 4.90. The number of benzene rings is 2. The number of aryl methyl sites for hydroxylation is 2. The molecule has 0 N–H and O–H groups in total. The summed E-state index contributed by atoms with van der Waals surface area (Å²) < 4.78 is 20.0. The predicted molar refractivity (Wildman–Crippen MR) is 124 cm³/mol. The first-order valence-corrected chi connectivity index (χ1v) is 11.6. The van der Waals surface area contributed by atoms with Crippen LogP contribution in [0.5, 0.6) is 0 Å². The maximum absolute atomic E-state index is 13.5. The van der Waals surface area contributed by atoms with Gasteiger partial charge in [0.05, 0.1) is 34.0 Å². The van der Waals surface area contributed by atoms with Gasteiger partial charge in [-0.2, -0.15) is 0 Å². The number of anilines is 1. The average Bonchev–Trinajstić information content (AvgIpc) is 3.21. The Kier molecular flexibility index (Phi) is 6.86. The van der Waals surface area contributed by atoms with Crippen LogP contribution in [-0.4, -0.2) is 55.2 Å². The Morgan fingerprint density at radius 2 is 1.97 bits per heavy atom. The van der Waals surface area contributed by atoms with E-state index in [1.807, 2.05) is 19.9 Å². The lowest BCUT2D eigenvalue weighted by atomic mass is 10.1. The van der Waals surface area contributed by atoms with Crippen LogP contribution in [0.25, 0.3) is 10.2 Å². The number of fused-ring (bicyclic) bond motifs is 1. The predicted octanol–water partition coefficient (Wildman–Crippen LogP) is 5.07. The minimum atomic E-state index is -0.466. The van der Waals surface area contributed by atoms with Gasteiger partial charge in [-0.05, 0) is 49.6 Å². The fourth-order valence-electron chi connectivity index (χ4n) is 3.73. The van der Waals surface area contributed by atoms with Crippen molar-refractivity contribution in [3.8, 4) is 0 Å². The number of carbonyl (C=O) groups is 1. The second-order valence-electron chi connectivity index (χ2n) is 7.76. The molecule has 2 heterocycles. The number of hydrogen-bond donors (Lipinski definition) is 0. The average molecular weight is 462 g/mol. The van der Waals surface area contributed by atoms with Gasteiger partial charge in [-0.25, -0.2) is 9.37 Å². The van der Waals surface area contributed by atoms with Crippen molar-refractivity contribution in [3.63, 3.8) is 0 Å². The summed E-state index contributed by atoms with van der Waals surface area (Å²) in [5.74, 6) is -0.729. The number of nitrogens with zero attached hydrogens (tertiary/aromatic N) is 3. The van der Waals surface area contributed by atoms with Crippen LogP contribution in [0.1, 0.15) is 27.9 Å². The molecular formula is C23H25ClFN3O2S. The van der Waals surface area contributed by atoms with Gasteiger partial charge in [0.1, 0.15) is 5.82 Å². The normalized spacial score (nSPS) is 14.8. The number of aromatic nitrogens is 1. The number of thiazole rings is 1. The number of amides is 1. The van der Waals surface area contributed by atoms with E-state index in [-0.39, 0.29) is 16.5 Å². The molecule has 2 aromatic carbocycles. The summed E-state index contributed by atoms with van der Waals surface area (Å²) in [4.78, 5) is 22.3. The highest BCUT2D eigenvalue weighted by Gasteiger charge is 2.24. The summed E-state index contributed by atoms with van der Waals surface area (Å²) >= 11 is 7.72. The van der Waals surface area contributed by atoms with Crippen molar-refractivity contribution in [1.82, 2.24) is 9.88 Å². The molecule has 1 amide bonds. The van der Waals surface area contributed by atoms with E-state index in [4.69, 9.17) is 21.3 Å². The van der Waals surface area contributed by atoms with Crippen LogP contribution in [-0.2, 0) is 4.74 Å². The van der Waals surface area contributed by atoms with E-state index < -0.39 is 5.82 Å². The highest BCUT2D eigenvalue weighted by atomic mass is 35.5. The number of ether oxygens (including phenoxy) is 1. The topological polar surface area (TPSA) is 45.7 Å². The summed E-state index contributed by atoms with van der Waals surface area (Å²) in [6.45, 7) is 8.72. The van der Waals surface area contributed by atoms with E-state index in [0.717, 1.165) is 60.6 Å². The first-order chi connectivity index (χ1) is 14.9. The zero-order valence-electron chi connectivity index (χ0n) is 17.7. The monoisotopic (exact) mass is 461 g/mol. The quantitative estimate of drug-likeness (QED) is 0.514. The summed E-state index contributed by atoms with van der Waals surface area (Å²) in [7, 11) is 0. The molecule has 0 atom stereocenters. The lowest BCUT2D eigenvalue weighted by Crippen LogP contribution is -2.39. The van der Waals surface area contributed by atoms with E-state index in [9.17, 15) is 9.18 Å². The molecule has 1 fully saturated rings. The van der Waals surface area contributed by atoms with Crippen molar-refractivity contribution >= 4 is 44.2 Å². The molecule has 0 spiro atoms. The fraction of sp³-hybridized carbons (Fsp3) is 0.391. The first kappa shape index (κ1) is 22.1. The van der Waals surface area contributed by atoms with Gasteiger partial charge in [-0.3, -0.25) is 14.6 Å². The number of morpholine rings is 1.